The molecule has 1 aliphatic heterocycles. The van der Waals surface area contributed by atoms with Crippen molar-refractivity contribution in [2.75, 3.05) is 0 Å². The van der Waals surface area contributed by atoms with E-state index in [1.807, 2.05) is 13.8 Å². The summed E-state index contributed by atoms with van der Waals surface area (Å²) >= 11 is 0. The van der Waals surface area contributed by atoms with E-state index in [-0.39, 0.29) is 83.2 Å². The second-order valence-corrected chi connectivity index (χ2v) is 17.4. The quantitative estimate of drug-likeness (QED) is 0.0955. The standard InChI is InChI=1S/C33H54O13S.Na/c1-16(2)12-17(34)15-33(5,40)24-7-6-20-19-14-23(46-47(41,42)43)22-13-18(8-10-31(22,3)21(19)9-11-32(20,24)4)44-30-27(37)25(35)26(36)28(45-30)29(38)39;/h16,18-28,30,35-37,40H,6-15H2,1-5H3,(H,38,39)(H,41,42,43);/q;+1/p-1/t18-,19-,20-,21-,22+,23-,24-,25-,26-,27+,28-,30+,31+,32-,33-;/m0./s1. The average molecular weight is 713 g/mol. The summed E-state index contributed by atoms with van der Waals surface area (Å²) in [4.78, 5) is 24.3. The Morgan fingerprint density at radius 3 is 2.19 bits per heavy atom. The summed E-state index contributed by atoms with van der Waals surface area (Å²) in [6.07, 6.45) is -5.07. The monoisotopic (exact) mass is 712 g/mol. The Hall–Kier alpha value is -0.230. The molecule has 5 aliphatic rings. The molecule has 5 fully saturated rings. The molecular weight excluding hydrogens is 659 g/mol. The van der Waals surface area contributed by atoms with Crippen LogP contribution in [0.15, 0.2) is 0 Å². The fraction of sp³-hybridized carbons (Fsp3) is 0.939. The molecule has 0 aromatic carbocycles. The molecule has 0 aromatic heterocycles. The molecule has 270 valence electrons. The van der Waals surface area contributed by atoms with Crippen molar-refractivity contribution < 1.29 is 91.3 Å². The molecule has 5 N–H and O–H groups in total. The fourth-order valence-corrected chi connectivity index (χ4v) is 11.6. The first kappa shape index (κ1) is 40.5. The normalized spacial score (nSPS) is 45.6. The molecule has 4 saturated carbocycles. The summed E-state index contributed by atoms with van der Waals surface area (Å²) in [5, 5.41) is 54.0. The van der Waals surface area contributed by atoms with Crippen molar-refractivity contribution in [2.24, 2.45) is 46.3 Å². The third-order valence-electron chi connectivity index (χ3n) is 12.9. The zero-order valence-corrected chi connectivity index (χ0v) is 31.8. The minimum atomic E-state index is -4.83. The Labute approximate surface area is 305 Å². The van der Waals surface area contributed by atoms with E-state index in [2.05, 4.69) is 13.8 Å². The van der Waals surface area contributed by atoms with E-state index >= 15 is 0 Å². The largest absolute Gasteiger partial charge is 1.00 e. The van der Waals surface area contributed by atoms with Crippen molar-refractivity contribution in [3.05, 3.63) is 0 Å². The van der Waals surface area contributed by atoms with Gasteiger partial charge in [0.25, 0.3) is 0 Å². The Morgan fingerprint density at radius 2 is 1.58 bits per heavy atom. The number of Topliss-reactive ketones (excluding diaryl/α,β-unsaturated/α-hetero) is 1. The van der Waals surface area contributed by atoms with Crippen molar-refractivity contribution >= 4 is 22.2 Å². The number of hydrogen-bond donors (Lipinski definition) is 5. The minimum absolute atomic E-state index is 0. The third kappa shape index (κ3) is 7.75. The number of aliphatic hydroxyl groups is 4. The number of carbonyl (C=O) groups is 2. The van der Waals surface area contributed by atoms with E-state index in [1.54, 1.807) is 6.92 Å². The van der Waals surface area contributed by atoms with Crippen molar-refractivity contribution in [1.82, 2.24) is 0 Å². The van der Waals surface area contributed by atoms with Gasteiger partial charge < -0.3 is 39.8 Å². The molecule has 5 rings (SSSR count). The van der Waals surface area contributed by atoms with Gasteiger partial charge in [-0.05, 0) is 105 Å². The van der Waals surface area contributed by atoms with Crippen molar-refractivity contribution in [3.63, 3.8) is 0 Å². The van der Waals surface area contributed by atoms with E-state index in [1.165, 1.54) is 0 Å². The van der Waals surface area contributed by atoms with Crippen LogP contribution in [0.1, 0.15) is 98.8 Å². The van der Waals surface area contributed by atoms with Crippen LogP contribution in [0.5, 0.6) is 0 Å². The van der Waals surface area contributed by atoms with E-state index in [4.69, 9.17) is 13.7 Å². The molecule has 15 atom stereocenters. The van der Waals surface area contributed by atoms with Crippen molar-refractivity contribution in [1.29, 1.82) is 0 Å². The van der Waals surface area contributed by atoms with Crippen LogP contribution in [0.3, 0.4) is 0 Å². The first-order chi connectivity index (χ1) is 21.7. The second kappa shape index (κ2) is 14.7. The zero-order chi connectivity index (χ0) is 34.9. The Morgan fingerprint density at radius 1 is 0.958 bits per heavy atom. The molecule has 0 aromatic rings. The molecule has 48 heavy (non-hydrogen) atoms. The number of carboxylic acid groups (broad SMARTS) is 1. The van der Waals surface area contributed by atoms with Crippen LogP contribution in [-0.2, 0) is 33.6 Å². The molecule has 0 bridgehead atoms. The van der Waals surface area contributed by atoms with Gasteiger partial charge in [-0.25, -0.2) is 4.18 Å². The van der Waals surface area contributed by atoms with Crippen molar-refractivity contribution in [2.45, 2.75) is 147 Å². The maximum atomic E-state index is 12.8. The van der Waals surface area contributed by atoms with Crippen LogP contribution in [0.4, 0.5) is 0 Å². The zero-order valence-electron chi connectivity index (χ0n) is 29.0. The van der Waals surface area contributed by atoms with Gasteiger partial charge in [-0.15, -0.1) is 0 Å². The second-order valence-electron chi connectivity index (χ2n) is 16.4. The van der Waals surface area contributed by atoms with E-state index in [0.29, 0.717) is 25.7 Å². The van der Waals surface area contributed by atoms with Crippen LogP contribution < -0.4 is 34.7 Å². The fourth-order valence-electron chi connectivity index (χ4n) is 11.0. The molecule has 0 radical (unpaired) electrons. The number of aliphatic carboxylic acids is 1. The molecule has 13 nitrogen and oxygen atoms in total. The van der Waals surface area contributed by atoms with Gasteiger partial charge in [0.1, 0.15) is 30.2 Å². The number of hydrogen-bond acceptors (Lipinski definition) is 12. The van der Waals surface area contributed by atoms with Crippen LogP contribution in [-0.4, -0.2) is 93.7 Å². The molecule has 4 aliphatic carbocycles. The molecule has 0 amide bonds. The van der Waals surface area contributed by atoms with Crippen LogP contribution in [0, 0.1) is 46.3 Å². The molecule has 1 saturated heterocycles. The van der Waals surface area contributed by atoms with E-state index < -0.39 is 76.2 Å². The Balaban J connectivity index is 0.00000520. The van der Waals surface area contributed by atoms with Crippen molar-refractivity contribution in [3.8, 4) is 0 Å². The number of carbonyl (C=O) groups excluding carboxylic acids is 2. The van der Waals surface area contributed by atoms with Crippen LogP contribution in [0.25, 0.3) is 0 Å². The molecule has 1 heterocycles. The molecule has 0 spiro atoms. The number of ether oxygens (including phenoxy) is 2. The first-order valence-electron chi connectivity index (χ1n) is 17.1. The Bertz CT molecular complexity index is 1290. The van der Waals surface area contributed by atoms with Gasteiger partial charge in [-0.2, -0.15) is 8.42 Å². The molecule has 0 unspecified atom stereocenters. The molecule has 15 heteroatoms. The SMILES string of the molecule is CC(C)CC(=O)C[C@](C)(O)[C@H]1CC[C@H]2[C@@H]3C[C@H](OS(=O)(=O)O)[C@H]4C[C@@H](O[C@@H]5O[C@H](C(=O)[O-])[C@@H](O)[C@H](O)[C@H]5O)CC[C@]4(C)[C@H]3CC[C@@]21C.[Na+]. The number of carboxylic acids is 1. The summed E-state index contributed by atoms with van der Waals surface area (Å²) in [7, 11) is -4.83. The van der Waals surface area contributed by atoms with Crippen LogP contribution >= 0.6 is 0 Å². The van der Waals surface area contributed by atoms with Gasteiger partial charge in [0.15, 0.2) is 6.29 Å². The van der Waals surface area contributed by atoms with E-state index in [9.17, 15) is 48.1 Å². The predicted octanol–water partition coefficient (Wildman–Crippen LogP) is -1.85. The predicted molar refractivity (Wildman–Crippen MR) is 163 cm³/mol. The van der Waals surface area contributed by atoms with E-state index in [0.717, 1.165) is 25.7 Å². The topological polar surface area (TPSA) is 220 Å². The van der Waals surface area contributed by atoms with Gasteiger partial charge in [0.2, 0.25) is 0 Å². The maximum absolute atomic E-state index is 12.8. The number of aliphatic hydroxyl groups excluding tert-OH is 3. The smallest absolute Gasteiger partial charge is 0.547 e. The van der Waals surface area contributed by atoms with Gasteiger partial charge in [-0.3, -0.25) is 9.35 Å². The average Bonchev–Trinajstić information content (AvgIpc) is 3.30. The van der Waals surface area contributed by atoms with Gasteiger partial charge in [-0.1, -0.05) is 27.7 Å². The summed E-state index contributed by atoms with van der Waals surface area (Å²) in [6.45, 7) is 10.1. The summed E-state index contributed by atoms with van der Waals surface area (Å²) < 4.78 is 50.9. The third-order valence-corrected chi connectivity index (χ3v) is 13.4. The molecular formula is C33H53NaO13S. The number of rotatable bonds is 10. The number of ketones is 1. The Kier molecular flexibility index (Phi) is 12.4. The summed E-state index contributed by atoms with van der Waals surface area (Å²) in [5.41, 5.74) is -1.86. The first-order valence-corrected chi connectivity index (χ1v) is 18.5. The maximum Gasteiger partial charge on any atom is 1.00 e. The number of fused-ring (bicyclic) bond motifs is 5. The minimum Gasteiger partial charge on any atom is -0.547 e. The van der Waals surface area contributed by atoms with Crippen LogP contribution in [0.2, 0.25) is 0 Å². The summed E-state index contributed by atoms with van der Waals surface area (Å²) in [6, 6.07) is 0. The van der Waals surface area contributed by atoms with Gasteiger partial charge in [0, 0.05) is 12.8 Å². The summed E-state index contributed by atoms with van der Waals surface area (Å²) in [5.74, 6) is -1.62. The van der Waals surface area contributed by atoms with Gasteiger partial charge >= 0.3 is 40.0 Å². The van der Waals surface area contributed by atoms with Gasteiger partial charge in [0.05, 0.1) is 23.8 Å².